The van der Waals surface area contributed by atoms with E-state index in [-0.39, 0.29) is 43.7 Å². The molecule has 10 heteroatoms. The zero-order valence-corrected chi connectivity index (χ0v) is 20.3. The Morgan fingerprint density at radius 2 is 1.92 bits per heavy atom. The molecule has 3 heterocycles. The lowest BCUT2D eigenvalue weighted by atomic mass is 10.2. The van der Waals surface area contributed by atoms with Gasteiger partial charge in [0.15, 0.2) is 11.3 Å². The second-order valence-electron chi connectivity index (χ2n) is 8.78. The van der Waals surface area contributed by atoms with E-state index in [4.69, 9.17) is 9.47 Å². The first kappa shape index (κ1) is 24.4. The van der Waals surface area contributed by atoms with Crippen molar-refractivity contribution in [1.29, 1.82) is 0 Å². The Morgan fingerprint density at radius 3 is 2.68 bits per heavy atom. The van der Waals surface area contributed by atoms with Crippen molar-refractivity contribution >= 4 is 17.5 Å². The van der Waals surface area contributed by atoms with Gasteiger partial charge in [-0.3, -0.25) is 9.59 Å². The number of benzene rings is 2. The van der Waals surface area contributed by atoms with Crippen LogP contribution in [0, 0.1) is 5.82 Å². The van der Waals surface area contributed by atoms with E-state index in [9.17, 15) is 14.0 Å². The summed E-state index contributed by atoms with van der Waals surface area (Å²) in [5, 5.41) is 4.31. The number of carbonyl (C=O) groups excluding carboxylic acids is 2. The Labute approximate surface area is 213 Å². The summed E-state index contributed by atoms with van der Waals surface area (Å²) >= 11 is 0. The number of amides is 2. The molecule has 0 saturated carbocycles. The SMILES string of the molecule is COc1ccc(CN2C[C@H](OCc3ccccc3F)CN(C(=O)c3cc4ncccn4n3)CC2=O)cc1. The maximum Gasteiger partial charge on any atom is 0.275 e. The van der Waals surface area contributed by atoms with Gasteiger partial charge in [-0.2, -0.15) is 5.10 Å². The van der Waals surface area contributed by atoms with Crippen molar-refractivity contribution in [2.75, 3.05) is 26.7 Å². The van der Waals surface area contributed by atoms with E-state index in [2.05, 4.69) is 10.1 Å². The minimum Gasteiger partial charge on any atom is -0.497 e. The number of aromatic nitrogens is 3. The van der Waals surface area contributed by atoms with Crippen molar-refractivity contribution in [2.45, 2.75) is 19.3 Å². The van der Waals surface area contributed by atoms with Gasteiger partial charge in [0, 0.05) is 43.7 Å². The summed E-state index contributed by atoms with van der Waals surface area (Å²) in [5.41, 5.74) is 2.03. The highest BCUT2D eigenvalue weighted by atomic mass is 19.1. The molecule has 0 unspecified atom stereocenters. The van der Waals surface area contributed by atoms with Crippen LogP contribution in [0.3, 0.4) is 0 Å². The van der Waals surface area contributed by atoms with E-state index in [0.29, 0.717) is 17.8 Å². The Kier molecular flexibility index (Phi) is 7.09. The van der Waals surface area contributed by atoms with Crippen molar-refractivity contribution in [3.63, 3.8) is 0 Å². The zero-order valence-electron chi connectivity index (χ0n) is 20.3. The third kappa shape index (κ3) is 5.59. The van der Waals surface area contributed by atoms with Gasteiger partial charge in [0.2, 0.25) is 5.91 Å². The van der Waals surface area contributed by atoms with Gasteiger partial charge >= 0.3 is 0 Å². The number of fused-ring (bicyclic) bond motifs is 1. The van der Waals surface area contributed by atoms with Crippen LogP contribution in [-0.4, -0.2) is 69.1 Å². The monoisotopic (exact) mass is 503 g/mol. The molecule has 1 fully saturated rings. The van der Waals surface area contributed by atoms with Gasteiger partial charge in [-0.15, -0.1) is 0 Å². The predicted octanol–water partition coefficient (Wildman–Crippen LogP) is 2.95. The first-order valence-electron chi connectivity index (χ1n) is 11.9. The molecule has 0 aliphatic carbocycles. The van der Waals surface area contributed by atoms with Gasteiger partial charge in [-0.1, -0.05) is 30.3 Å². The van der Waals surface area contributed by atoms with Gasteiger partial charge < -0.3 is 19.3 Å². The maximum absolute atomic E-state index is 14.2. The number of methoxy groups -OCH3 is 1. The Hall–Kier alpha value is -4.31. The molecule has 5 rings (SSSR count). The maximum atomic E-state index is 14.2. The molecule has 2 aromatic carbocycles. The first-order chi connectivity index (χ1) is 18.0. The van der Waals surface area contributed by atoms with E-state index in [1.807, 2.05) is 24.3 Å². The van der Waals surface area contributed by atoms with Gasteiger partial charge in [0.1, 0.15) is 18.1 Å². The summed E-state index contributed by atoms with van der Waals surface area (Å²) in [6, 6.07) is 17.1. The van der Waals surface area contributed by atoms with Crippen LogP contribution < -0.4 is 4.74 Å². The van der Waals surface area contributed by atoms with Gasteiger partial charge in [0.05, 0.1) is 19.8 Å². The standard InChI is InChI=1S/C27H26FN5O4/c1-36-21-9-7-19(8-10-21)14-31-15-22(37-18-20-5-2-3-6-23(20)28)16-32(17-26(31)34)27(35)24-13-25-29-11-4-12-33(25)30-24/h2-13,22H,14-18H2,1H3/t22-/m0/s1. The Bertz CT molecular complexity index is 1370. The number of halogens is 1. The molecule has 2 amide bonds. The van der Waals surface area contributed by atoms with E-state index in [1.54, 1.807) is 54.7 Å². The summed E-state index contributed by atoms with van der Waals surface area (Å²) in [6.45, 7) is 0.621. The fraction of sp³-hybridized carbons (Fsp3) is 0.259. The summed E-state index contributed by atoms with van der Waals surface area (Å²) in [4.78, 5) is 34.0. The molecule has 1 aliphatic rings. The molecule has 1 saturated heterocycles. The molecule has 0 radical (unpaired) electrons. The highest BCUT2D eigenvalue weighted by molar-refractivity contribution is 5.96. The lowest BCUT2D eigenvalue weighted by Gasteiger charge is -2.25. The lowest BCUT2D eigenvalue weighted by Crippen LogP contribution is -2.39. The summed E-state index contributed by atoms with van der Waals surface area (Å²) < 4.78 is 27.0. The van der Waals surface area contributed by atoms with Crippen LogP contribution in [-0.2, 0) is 22.7 Å². The highest BCUT2D eigenvalue weighted by Crippen LogP contribution is 2.19. The third-order valence-corrected chi connectivity index (χ3v) is 6.23. The molecule has 4 aromatic rings. The fourth-order valence-corrected chi connectivity index (χ4v) is 4.26. The molecule has 0 bridgehead atoms. The predicted molar refractivity (Wildman–Crippen MR) is 132 cm³/mol. The van der Waals surface area contributed by atoms with Crippen LogP contribution in [0.2, 0.25) is 0 Å². The smallest absolute Gasteiger partial charge is 0.275 e. The number of ether oxygens (including phenoxy) is 2. The van der Waals surface area contributed by atoms with Gasteiger partial charge in [-0.05, 0) is 29.8 Å². The van der Waals surface area contributed by atoms with Crippen LogP contribution in [0.1, 0.15) is 21.6 Å². The third-order valence-electron chi connectivity index (χ3n) is 6.23. The van der Waals surface area contributed by atoms with Crippen LogP contribution >= 0.6 is 0 Å². The quantitative estimate of drug-likeness (QED) is 0.385. The van der Waals surface area contributed by atoms with E-state index in [0.717, 1.165) is 11.3 Å². The normalized spacial score (nSPS) is 16.2. The van der Waals surface area contributed by atoms with Crippen molar-refractivity contribution in [1.82, 2.24) is 24.4 Å². The largest absolute Gasteiger partial charge is 0.497 e. The molecule has 190 valence electrons. The van der Waals surface area contributed by atoms with E-state index < -0.39 is 12.0 Å². The topological polar surface area (TPSA) is 89.3 Å². The van der Waals surface area contributed by atoms with Crippen LogP contribution in [0.5, 0.6) is 5.75 Å². The minimum absolute atomic E-state index is 0.0161. The van der Waals surface area contributed by atoms with Crippen LogP contribution in [0.15, 0.2) is 73.1 Å². The summed E-state index contributed by atoms with van der Waals surface area (Å²) in [5.74, 6) is -0.268. The van der Waals surface area contributed by atoms with Crippen molar-refractivity contribution in [3.05, 3.63) is 95.7 Å². The summed E-state index contributed by atoms with van der Waals surface area (Å²) in [7, 11) is 1.59. The van der Waals surface area contributed by atoms with Crippen molar-refractivity contribution in [3.8, 4) is 5.75 Å². The number of hydrogen-bond acceptors (Lipinski definition) is 6. The van der Waals surface area contributed by atoms with Crippen LogP contribution in [0.25, 0.3) is 5.65 Å². The average molecular weight is 504 g/mol. The molecule has 2 aromatic heterocycles. The number of rotatable bonds is 7. The zero-order chi connectivity index (χ0) is 25.8. The molecule has 0 N–H and O–H groups in total. The van der Waals surface area contributed by atoms with E-state index >= 15 is 0 Å². The average Bonchev–Trinajstić information content (AvgIpc) is 3.29. The molecule has 37 heavy (non-hydrogen) atoms. The second kappa shape index (κ2) is 10.8. The minimum atomic E-state index is -0.539. The number of nitrogens with zero attached hydrogens (tertiary/aromatic N) is 5. The summed E-state index contributed by atoms with van der Waals surface area (Å²) in [6.07, 6.45) is 2.77. The molecule has 9 nitrogen and oxygen atoms in total. The van der Waals surface area contributed by atoms with Crippen LogP contribution in [0.4, 0.5) is 4.39 Å². The van der Waals surface area contributed by atoms with Crippen molar-refractivity contribution in [2.24, 2.45) is 0 Å². The molecular formula is C27H26FN5O4. The lowest BCUT2D eigenvalue weighted by molar-refractivity contribution is -0.132. The first-order valence-corrected chi connectivity index (χ1v) is 11.9. The van der Waals surface area contributed by atoms with Gasteiger partial charge in [0.25, 0.3) is 5.91 Å². The molecule has 1 aliphatic heterocycles. The van der Waals surface area contributed by atoms with Crippen molar-refractivity contribution < 1.29 is 23.5 Å². The molecular weight excluding hydrogens is 477 g/mol. The Balaban J connectivity index is 1.38. The Morgan fingerprint density at radius 1 is 1.11 bits per heavy atom. The highest BCUT2D eigenvalue weighted by Gasteiger charge is 2.32. The van der Waals surface area contributed by atoms with Gasteiger partial charge in [-0.25, -0.2) is 13.9 Å². The second-order valence-corrected chi connectivity index (χ2v) is 8.78. The fourth-order valence-electron chi connectivity index (χ4n) is 4.26. The number of hydrogen-bond donors (Lipinski definition) is 0. The molecule has 0 spiro atoms. The molecule has 1 atom stereocenters. The van der Waals surface area contributed by atoms with E-state index in [1.165, 1.54) is 15.5 Å². The number of carbonyl (C=O) groups is 2.